The Morgan fingerprint density at radius 3 is 2.89 bits per heavy atom. The number of hydrogen-bond donors (Lipinski definition) is 2. The molecule has 1 aliphatic heterocycles. The monoisotopic (exact) mass is 259 g/mol. The van der Waals surface area contributed by atoms with Crippen molar-refractivity contribution in [3.05, 3.63) is 24.4 Å². The van der Waals surface area contributed by atoms with E-state index >= 15 is 0 Å². The number of H-pyrrole nitrogens is 1. The van der Waals surface area contributed by atoms with Gasteiger partial charge in [0.2, 0.25) is 0 Å². The third-order valence-electron chi connectivity index (χ3n) is 3.84. The van der Waals surface area contributed by atoms with Crippen molar-refractivity contribution in [2.24, 2.45) is 5.92 Å². The van der Waals surface area contributed by atoms with E-state index in [0.29, 0.717) is 0 Å². The molecule has 1 fully saturated rings. The summed E-state index contributed by atoms with van der Waals surface area (Å²) in [5.41, 5.74) is 2.19. The van der Waals surface area contributed by atoms with Crippen molar-refractivity contribution in [1.82, 2.24) is 25.1 Å². The van der Waals surface area contributed by atoms with Crippen LogP contribution in [-0.2, 0) is 13.0 Å². The van der Waals surface area contributed by atoms with Gasteiger partial charge in [0, 0.05) is 24.7 Å². The maximum absolute atomic E-state index is 4.51. The minimum atomic E-state index is 0.763. The van der Waals surface area contributed by atoms with Crippen LogP contribution in [0.3, 0.4) is 0 Å². The molecule has 102 valence electrons. The highest BCUT2D eigenvalue weighted by molar-refractivity contribution is 5.56. The van der Waals surface area contributed by atoms with Crippen LogP contribution < -0.4 is 5.32 Å². The highest BCUT2D eigenvalue weighted by atomic mass is 15.3. The van der Waals surface area contributed by atoms with E-state index in [0.717, 1.165) is 49.1 Å². The molecule has 0 amide bonds. The molecule has 0 atom stereocenters. The van der Waals surface area contributed by atoms with Gasteiger partial charge in [-0.2, -0.15) is 5.10 Å². The van der Waals surface area contributed by atoms with Crippen LogP contribution in [-0.4, -0.2) is 32.8 Å². The summed E-state index contributed by atoms with van der Waals surface area (Å²) in [5.74, 6) is 1.87. The normalized spacial score (nSPS) is 16.9. The molecule has 2 N–H and O–H groups in total. The maximum Gasteiger partial charge on any atom is 0.106 e. The number of nitrogens with zero attached hydrogens (tertiary/aromatic N) is 3. The van der Waals surface area contributed by atoms with Gasteiger partial charge in [-0.1, -0.05) is 0 Å². The van der Waals surface area contributed by atoms with Gasteiger partial charge in [0.1, 0.15) is 5.82 Å². The quantitative estimate of drug-likeness (QED) is 0.880. The molecule has 0 spiro atoms. The van der Waals surface area contributed by atoms with Crippen molar-refractivity contribution >= 4 is 0 Å². The molecule has 5 nitrogen and oxygen atoms in total. The van der Waals surface area contributed by atoms with Crippen molar-refractivity contribution in [3.63, 3.8) is 0 Å². The smallest absolute Gasteiger partial charge is 0.106 e. The molecule has 0 radical (unpaired) electrons. The summed E-state index contributed by atoms with van der Waals surface area (Å²) in [6.07, 6.45) is 9.44. The molecule has 1 saturated heterocycles. The molecule has 0 unspecified atom stereocenters. The number of aromatic amines is 1. The van der Waals surface area contributed by atoms with Gasteiger partial charge in [-0.3, -0.25) is 4.68 Å². The SMILES string of the molecule is CCn1cc(-c2cnc(CC3CCNCC3)[nH]2)cn1. The first-order valence-electron chi connectivity index (χ1n) is 7.12. The van der Waals surface area contributed by atoms with Gasteiger partial charge in [0.25, 0.3) is 0 Å². The predicted molar refractivity (Wildman–Crippen MR) is 74.8 cm³/mol. The van der Waals surface area contributed by atoms with E-state index in [-0.39, 0.29) is 0 Å². The lowest BCUT2D eigenvalue weighted by Crippen LogP contribution is -2.28. The lowest BCUT2D eigenvalue weighted by Gasteiger charge is -2.21. The van der Waals surface area contributed by atoms with E-state index in [9.17, 15) is 0 Å². The first-order valence-corrected chi connectivity index (χ1v) is 7.12. The van der Waals surface area contributed by atoms with E-state index in [1.54, 1.807) is 0 Å². The van der Waals surface area contributed by atoms with Crippen LogP contribution >= 0.6 is 0 Å². The number of rotatable bonds is 4. The van der Waals surface area contributed by atoms with Gasteiger partial charge >= 0.3 is 0 Å². The van der Waals surface area contributed by atoms with E-state index in [4.69, 9.17) is 0 Å². The summed E-state index contributed by atoms with van der Waals surface area (Å²) in [6, 6.07) is 0. The van der Waals surface area contributed by atoms with Gasteiger partial charge in [-0.25, -0.2) is 4.98 Å². The fourth-order valence-corrected chi connectivity index (χ4v) is 2.65. The van der Waals surface area contributed by atoms with E-state index < -0.39 is 0 Å². The molecule has 3 heterocycles. The number of aryl methyl sites for hydroxylation is 1. The molecule has 0 bridgehead atoms. The van der Waals surface area contributed by atoms with Crippen LogP contribution in [0.5, 0.6) is 0 Å². The zero-order chi connectivity index (χ0) is 13.1. The number of hydrogen-bond acceptors (Lipinski definition) is 3. The lowest BCUT2D eigenvalue weighted by atomic mass is 9.94. The number of imidazole rings is 1. The average Bonchev–Trinajstić information content (AvgIpc) is 3.08. The molecule has 0 saturated carbocycles. The van der Waals surface area contributed by atoms with Gasteiger partial charge in [-0.05, 0) is 38.8 Å². The molecule has 2 aromatic heterocycles. The van der Waals surface area contributed by atoms with E-state index in [2.05, 4.69) is 33.5 Å². The summed E-state index contributed by atoms with van der Waals surface area (Å²) >= 11 is 0. The molecule has 19 heavy (non-hydrogen) atoms. The zero-order valence-corrected chi connectivity index (χ0v) is 11.4. The topological polar surface area (TPSA) is 58.5 Å². The standard InChI is InChI=1S/C14H21N5/c1-2-19-10-12(8-17-19)13-9-16-14(18-13)7-11-3-5-15-6-4-11/h8-11,15H,2-7H2,1H3,(H,16,18). The Morgan fingerprint density at radius 2 is 2.16 bits per heavy atom. The number of aromatic nitrogens is 4. The molecule has 0 aliphatic carbocycles. The van der Waals surface area contributed by atoms with Gasteiger partial charge < -0.3 is 10.3 Å². The Balaban J connectivity index is 1.68. The molecule has 0 aromatic carbocycles. The molecular weight excluding hydrogens is 238 g/mol. The fourth-order valence-electron chi connectivity index (χ4n) is 2.65. The van der Waals surface area contributed by atoms with Gasteiger partial charge in [0.05, 0.1) is 18.1 Å². The highest BCUT2D eigenvalue weighted by Gasteiger charge is 2.15. The second kappa shape index (κ2) is 5.57. The number of nitrogens with one attached hydrogen (secondary N) is 2. The minimum Gasteiger partial charge on any atom is -0.342 e. The summed E-state index contributed by atoms with van der Waals surface area (Å²) in [5, 5.41) is 7.70. The largest absolute Gasteiger partial charge is 0.342 e. The Morgan fingerprint density at radius 1 is 1.32 bits per heavy atom. The Hall–Kier alpha value is -1.62. The predicted octanol–water partition coefficient (Wildman–Crippen LogP) is 1.84. The van der Waals surface area contributed by atoms with Crippen LogP contribution in [0.25, 0.3) is 11.3 Å². The highest BCUT2D eigenvalue weighted by Crippen LogP contribution is 2.20. The second-order valence-corrected chi connectivity index (χ2v) is 5.23. The minimum absolute atomic E-state index is 0.763. The Bertz CT molecular complexity index is 521. The van der Waals surface area contributed by atoms with E-state index in [1.807, 2.05) is 17.1 Å². The van der Waals surface area contributed by atoms with Gasteiger partial charge in [0.15, 0.2) is 0 Å². The Kier molecular flexibility index (Phi) is 3.64. The summed E-state index contributed by atoms with van der Waals surface area (Å²) in [7, 11) is 0. The van der Waals surface area contributed by atoms with Crippen LogP contribution in [0.2, 0.25) is 0 Å². The van der Waals surface area contributed by atoms with Crippen molar-refractivity contribution in [2.45, 2.75) is 32.7 Å². The van der Waals surface area contributed by atoms with E-state index in [1.165, 1.54) is 12.8 Å². The van der Waals surface area contributed by atoms with Crippen molar-refractivity contribution in [3.8, 4) is 11.3 Å². The Labute approximate surface area is 113 Å². The van der Waals surface area contributed by atoms with Crippen LogP contribution in [0, 0.1) is 5.92 Å². The summed E-state index contributed by atoms with van der Waals surface area (Å²) < 4.78 is 1.93. The molecule has 3 rings (SSSR count). The van der Waals surface area contributed by atoms with Crippen LogP contribution in [0.15, 0.2) is 18.6 Å². The molecular formula is C14H21N5. The second-order valence-electron chi connectivity index (χ2n) is 5.23. The third-order valence-corrected chi connectivity index (χ3v) is 3.84. The summed E-state index contributed by atoms with van der Waals surface area (Å²) in [4.78, 5) is 7.94. The first kappa shape index (κ1) is 12.4. The molecule has 5 heteroatoms. The first-order chi connectivity index (χ1) is 9.35. The third kappa shape index (κ3) is 2.87. The lowest BCUT2D eigenvalue weighted by molar-refractivity contribution is 0.368. The van der Waals surface area contributed by atoms with Crippen molar-refractivity contribution in [2.75, 3.05) is 13.1 Å². The van der Waals surface area contributed by atoms with Crippen LogP contribution in [0.4, 0.5) is 0 Å². The maximum atomic E-state index is 4.51. The van der Waals surface area contributed by atoms with Crippen LogP contribution in [0.1, 0.15) is 25.6 Å². The number of piperidine rings is 1. The molecule has 2 aromatic rings. The summed E-state index contributed by atoms with van der Waals surface area (Å²) in [6.45, 7) is 5.27. The zero-order valence-electron chi connectivity index (χ0n) is 11.4. The average molecular weight is 259 g/mol. The molecule has 1 aliphatic rings. The van der Waals surface area contributed by atoms with Crippen molar-refractivity contribution < 1.29 is 0 Å². The van der Waals surface area contributed by atoms with Gasteiger partial charge in [-0.15, -0.1) is 0 Å². The fraction of sp³-hybridized carbons (Fsp3) is 0.571. The van der Waals surface area contributed by atoms with Crippen molar-refractivity contribution in [1.29, 1.82) is 0 Å².